The van der Waals surface area contributed by atoms with E-state index in [1.165, 1.54) is 5.56 Å². The highest BCUT2D eigenvalue weighted by molar-refractivity contribution is 5.81. The van der Waals surface area contributed by atoms with Gasteiger partial charge in [0.25, 0.3) is 0 Å². The van der Waals surface area contributed by atoms with Crippen molar-refractivity contribution in [3.05, 3.63) is 50.3 Å². The molecule has 0 saturated heterocycles. The summed E-state index contributed by atoms with van der Waals surface area (Å²) < 4.78 is 0. The van der Waals surface area contributed by atoms with Crippen LogP contribution in [0.25, 0.3) is 11.1 Å². The summed E-state index contributed by atoms with van der Waals surface area (Å²) in [6.45, 7) is 9.25. The lowest BCUT2D eigenvalue weighted by atomic mass is 9.95. The zero-order chi connectivity index (χ0) is 15.6. The summed E-state index contributed by atoms with van der Waals surface area (Å²) >= 11 is 0. The van der Waals surface area contributed by atoms with E-state index in [2.05, 4.69) is 33.0 Å². The molecular formula is C18H23NO2. The molecule has 2 aromatic carbocycles. The second kappa shape index (κ2) is 6.25. The topological polar surface area (TPSA) is 46.2 Å². The summed E-state index contributed by atoms with van der Waals surface area (Å²) in [5, 5.41) is 3.13. The van der Waals surface area contributed by atoms with Crippen molar-refractivity contribution in [2.45, 2.75) is 40.0 Å². The van der Waals surface area contributed by atoms with E-state index in [4.69, 9.17) is 0 Å². The molecule has 1 N–H and O–H groups in total. The Balaban J connectivity index is 2.22. The van der Waals surface area contributed by atoms with Crippen LogP contribution in [-0.4, -0.2) is 6.54 Å². The minimum absolute atomic E-state index is 0.376. The molecule has 3 heteroatoms. The Morgan fingerprint density at radius 2 is 1.57 bits per heavy atom. The molecule has 0 bridgehead atoms. The Morgan fingerprint density at radius 3 is 2.10 bits per heavy atom. The average Bonchev–Trinajstić information content (AvgIpc) is 2.45. The molecule has 0 heterocycles. The van der Waals surface area contributed by atoms with E-state index in [1.54, 1.807) is 0 Å². The molecule has 0 unspecified atom stereocenters. The first-order valence-corrected chi connectivity index (χ1v) is 7.59. The van der Waals surface area contributed by atoms with Crippen LogP contribution >= 0.6 is 0 Å². The molecule has 112 valence electrons. The van der Waals surface area contributed by atoms with E-state index in [9.17, 15) is 9.59 Å². The van der Waals surface area contributed by atoms with Crippen LogP contribution in [0, 0.1) is 5.92 Å². The maximum absolute atomic E-state index is 11.8. The highest BCUT2D eigenvalue weighted by Crippen LogP contribution is 2.25. The van der Waals surface area contributed by atoms with Crippen LogP contribution in [0.5, 0.6) is 0 Å². The fourth-order valence-electron chi connectivity index (χ4n) is 2.36. The van der Waals surface area contributed by atoms with Crippen molar-refractivity contribution in [2.75, 3.05) is 11.9 Å². The summed E-state index contributed by atoms with van der Waals surface area (Å²) in [4.78, 5) is 23.6. The Morgan fingerprint density at radius 1 is 0.952 bits per heavy atom. The van der Waals surface area contributed by atoms with Crippen molar-refractivity contribution in [3.8, 4) is 11.1 Å². The van der Waals surface area contributed by atoms with E-state index in [-0.39, 0.29) is 10.9 Å². The molecule has 0 aliphatic heterocycles. The Labute approximate surface area is 125 Å². The summed E-state index contributed by atoms with van der Waals surface area (Å²) in [6, 6.07) is 7.90. The van der Waals surface area contributed by atoms with Crippen LogP contribution < -0.4 is 16.2 Å². The van der Waals surface area contributed by atoms with Gasteiger partial charge in [-0.2, -0.15) is 0 Å². The molecule has 2 rings (SSSR count). The molecule has 21 heavy (non-hydrogen) atoms. The van der Waals surface area contributed by atoms with Crippen LogP contribution in [-0.2, 0) is 0 Å². The van der Waals surface area contributed by atoms with Gasteiger partial charge in [-0.25, -0.2) is 0 Å². The van der Waals surface area contributed by atoms with Crippen molar-refractivity contribution in [2.24, 2.45) is 5.92 Å². The zero-order valence-electron chi connectivity index (χ0n) is 13.2. The Hall–Kier alpha value is -1.90. The molecule has 0 saturated carbocycles. The molecule has 0 atom stereocenters. The second-order valence-electron chi connectivity index (χ2n) is 6.29. The van der Waals surface area contributed by atoms with Gasteiger partial charge in [0.2, 0.25) is 10.9 Å². The first-order chi connectivity index (χ1) is 9.91. The fourth-order valence-corrected chi connectivity index (χ4v) is 2.36. The smallest absolute Gasteiger partial charge is 0.250 e. The van der Waals surface area contributed by atoms with Gasteiger partial charge < -0.3 is 5.32 Å². The van der Waals surface area contributed by atoms with Crippen LogP contribution in [0.1, 0.15) is 45.6 Å². The molecular weight excluding hydrogens is 262 g/mol. The normalized spacial score (nSPS) is 11.5. The van der Waals surface area contributed by atoms with Crippen LogP contribution in [0.4, 0.5) is 5.69 Å². The average molecular weight is 285 g/mol. The first-order valence-electron chi connectivity index (χ1n) is 7.59. The van der Waals surface area contributed by atoms with E-state index in [0.29, 0.717) is 23.1 Å². The lowest BCUT2D eigenvalue weighted by Gasteiger charge is -2.15. The monoisotopic (exact) mass is 285 g/mol. The lowest BCUT2D eigenvalue weighted by Crippen LogP contribution is -2.36. The third-order valence-electron chi connectivity index (χ3n) is 3.80. The Bertz CT molecular complexity index is 674. The number of benzene rings is 1. The number of anilines is 1. The van der Waals surface area contributed by atoms with Gasteiger partial charge in [0.15, 0.2) is 0 Å². The van der Waals surface area contributed by atoms with Gasteiger partial charge in [0.05, 0.1) is 11.3 Å². The molecule has 0 fully saturated rings. The van der Waals surface area contributed by atoms with Gasteiger partial charge in [-0.1, -0.05) is 52.0 Å². The lowest BCUT2D eigenvalue weighted by molar-refractivity contribution is 0.607. The minimum atomic E-state index is -0.387. The summed E-state index contributed by atoms with van der Waals surface area (Å²) in [6.07, 6.45) is 0.977. The van der Waals surface area contributed by atoms with Gasteiger partial charge in [-0.05, 0) is 29.4 Å². The predicted molar refractivity (Wildman–Crippen MR) is 88.8 cm³/mol. The summed E-state index contributed by atoms with van der Waals surface area (Å²) in [7, 11) is 0. The van der Waals surface area contributed by atoms with Crippen molar-refractivity contribution in [3.63, 3.8) is 0 Å². The zero-order valence-corrected chi connectivity index (χ0v) is 13.2. The Kier molecular flexibility index (Phi) is 4.61. The van der Waals surface area contributed by atoms with E-state index < -0.39 is 0 Å². The van der Waals surface area contributed by atoms with Gasteiger partial charge in [0.1, 0.15) is 0 Å². The first kappa shape index (κ1) is 15.5. The van der Waals surface area contributed by atoms with Gasteiger partial charge in [-0.3, -0.25) is 9.59 Å². The predicted octanol–water partition coefficient (Wildman–Crippen LogP) is 3.53. The van der Waals surface area contributed by atoms with Crippen molar-refractivity contribution in [1.29, 1.82) is 0 Å². The van der Waals surface area contributed by atoms with Gasteiger partial charge in [-0.15, -0.1) is 0 Å². The number of hydrogen-bond acceptors (Lipinski definition) is 3. The molecule has 0 radical (unpaired) electrons. The number of nitrogens with one attached hydrogen (secondary N) is 1. The third kappa shape index (κ3) is 3.23. The number of hydrogen-bond donors (Lipinski definition) is 1. The molecule has 0 spiro atoms. The second-order valence-corrected chi connectivity index (χ2v) is 6.29. The summed E-state index contributed by atoms with van der Waals surface area (Å²) in [5.74, 6) is 1.02. The van der Waals surface area contributed by atoms with Crippen LogP contribution in [0.3, 0.4) is 0 Å². The molecule has 0 amide bonds. The van der Waals surface area contributed by atoms with Crippen molar-refractivity contribution >= 4 is 5.69 Å². The molecule has 0 aliphatic carbocycles. The maximum Gasteiger partial charge on any atom is 0.250 e. The highest BCUT2D eigenvalue weighted by Gasteiger charge is 2.21. The summed E-state index contributed by atoms with van der Waals surface area (Å²) in [5.41, 5.74) is 2.32. The molecule has 2 aromatic rings. The third-order valence-corrected chi connectivity index (χ3v) is 3.80. The van der Waals surface area contributed by atoms with Gasteiger partial charge >= 0.3 is 0 Å². The fraction of sp³-hybridized carbons (Fsp3) is 0.444. The van der Waals surface area contributed by atoms with Gasteiger partial charge in [0, 0.05) is 6.54 Å². The maximum atomic E-state index is 11.8. The standard InChI is InChI=1S/C18H23NO2/c1-11(2)9-10-19-16-15(17(20)18(16)21)14-7-5-13(6-8-14)12(3)4/h5-8,11-12,19H,9-10H2,1-4H3. The van der Waals surface area contributed by atoms with Crippen LogP contribution in [0.15, 0.2) is 33.9 Å². The van der Waals surface area contributed by atoms with Crippen LogP contribution in [0.2, 0.25) is 0 Å². The molecule has 3 nitrogen and oxygen atoms in total. The quantitative estimate of drug-likeness (QED) is 0.826. The molecule has 0 aliphatic rings. The molecule has 0 aromatic heterocycles. The number of rotatable bonds is 6. The largest absolute Gasteiger partial charge is 0.381 e. The van der Waals surface area contributed by atoms with E-state index in [0.717, 1.165) is 18.5 Å². The highest BCUT2D eigenvalue weighted by atomic mass is 16.2. The minimum Gasteiger partial charge on any atom is -0.381 e. The van der Waals surface area contributed by atoms with Crippen molar-refractivity contribution in [1.82, 2.24) is 0 Å². The van der Waals surface area contributed by atoms with E-state index >= 15 is 0 Å². The SMILES string of the molecule is CC(C)CCNc1c(-c2ccc(C(C)C)cc2)c(=O)c1=O. The van der Waals surface area contributed by atoms with E-state index in [1.807, 2.05) is 24.3 Å². The van der Waals surface area contributed by atoms with Crippen molar-refractivity contribution < 1.29 is 0 Å².